The lowest BCUT2D eigenvalue weighted by Crippen LogP contribution is -2.00. The predicted molar refractivity (Wildman–Crippen MR) is 114 cm³/mol. The Bertz CT molecular complexity index is 1250. The summed E-state index contributed by atoms with van der Waals surface area (Å²) in [6.07, 6.45) is 6.88. The van der Waals surface area contributed by atoms with Gasteiger partial charge in [-0.1, -0.05) is 48.4 Å². The minimum atomic E-state index is -1.09. The van der Waals surface area contributed by atoms with Crippen LogP contribution in [0, 0.1) is 12.3 Å². The van der Waals surface area contributed by atoms with E-state index in [4.69, 9.17) is 15.6 Å². The van der Waals surface area contributed by atoms with E-state index in [9.17, 15) is 9.90 Å². The SMILES string of the molecule is C#CCOc1ccc2ccccc2c1/C=C(\Sc1nc2ccccc2o1)C(=O)O. The Balaban J connectivity index is 1.80. The molecular formula is C23H15NO4S. The van der Waals surface area contributed by atoms with Crippen molar-refractivity contribution in [2.45, 2.75) is 5.22 Å². The molecule has 0 fully saturated rings. The van der Waals surface area contributed by atoms with Crippen LogP contribution in [0.25, 0.3) is 27.9 Å². The molecule has 0 aliphatic carbocycles. The summed E-state index contributed by atoms with van der Waals surface area (Å²) < 4.78 is 11.3. The van der Waals surface area contributed by atoms with Crippen LogP contribution < -0.4 is 4.74 Å². The van der Waals surface area contributed by atoms with Crippen molar-refractivity contribution in [1.82, 2.24) is 4.98 Å². The van der Waals surface area contributed by atoms with E-state index in [0.717, 1.165) is 22.5 Å². The Hall–Kier alpha value is -3.69. The maximum absolute atomic E-state index is 12.0. The molecule has 0 atom stereocenters. The van der Waals surface area contributed by atoms with Gasteiger partial charge in [0.15, 0.2) is 5.58 Å². The maximum Gasteiger partial charge on any atom is 0.342 e. The topological polar surface area (TPSA) is 72.6 Å². The lowest BCUT2D eigenvalue weighted by molar-refractivity contribution is -0.131. The fraction of sp³-hybridized carbons (Fsp3) is 0.0435. The molecule has 6 heteroatoms. The zero-order valence-electron chi connectivity index (χ0n) is 15.2. The number of aromatic nitrogens is 1. The molecule has 0 aliphatic rings. The van der Waals surface area contributed by atoms with Crippen molar-refractivity contribution in [2.75, 3.05) is 6.61 Å². The van der Waals surface area contributed by atoms with Gasteiger partial charge in [0.25, 0.3) is 5.22 Å². The molecular weight excluding hydrogens is 386 g/mol. The molecule has 29 heavy (non-hydrogen) atoms. The van der Waals surface area contributed by atoms with Crippen molar-refractivity contribution in [3.8, 4) is 18.1 Å². The highest BCUT2D eigenvalue weighted by Gasteiger charge is 2.17. The van der Waals surface area contributed by atoms with Crippen molar-refractivity contribution in [3.63, 3.8) is 0 Å². The molecule has 5 nitrogen and oxygen atoms in total. The first-order valence-electron chi connectivity index (χ1n) is 8.72. The summed E-state index contributed by atoms with van der Waals surface area (Å²) in [5.74, 6) is 1.86. The molecule has 3 aromatic carbocycles. The average Bonchev–Trinajstić information content (AvgIpc) is 3.15. The third-order valence-corrected chi connectivity index (χ3v) is 5.06. The number of terminal acetylenes is 1. The molecule has 0 spiro atoms. The van der Waals surface area contributed by atoms with Crippen LogP contribution in [0.15, 0.2) is 75.2 Å². The molecule has 1 N–H and O–H groups in total. The summed E-state index contributed by atoms with van der Waals surface area (Å²) in [6, 6.07) is 18.6. The molecule has 0 unspecified atom stereocenters. The van der Waals surface area contributed by atoms with Gasteiger partial charge in [0.05, 0.1) is 0 Å². The van der Waals surface area contributed by atoms with E-state index in [2.05, 4.69) is 10.9 Å². The van der Waals surface area contributed by atoms with Gasteiger partial charge in [-0.25, -0.2) is 9.78 Å². The van der Waals surface area contributed by atoms with Gasteiger partial charge in [0.1, 0.15) is 22.8 Å². The van der Waals surface area contributed by atoms with Crippen LogP contribution in [0.5, 0.6) is 5.75 Å². The van der Waals surface area contributed by atoms with Crippen molar-refractivity contribution < 1.29 is 19.1 Å². The molecule has 0 amide bonds. The number of aliphatic carboxylic acids is 1. The number of carboxylic acids is 1. The number of ether oxygens (including phenoxy) is 1. The van der Waals surface area contributed by atoms with Crippen LogP contribution in [0.4, 0.5) is 0 Å². The minimum Gasteiger partial charge on any atom is -0.480 e. The van der Waals surface area contributed by atoms with Gasteiger partial charge in [0, 0.05) is 5.56 Å². The highest BCUT2D eigenvalue weighted by Crippen LogP contribution is 2.35. The van der Waals surface area contributed by atoms with Crippen LogP contribution in [0.1, 0.15) is 5.56 Å². The van der Waals surface area contributed by atoms with Crippen LogP contribution in [0.2, 0.25) is 0 Å². The first-order chi connectivity index (χ1) is 14.2. The molecule has 0 saturated heterocycles. The number of carboxylic acid groups (broad SMARTS) is 1. The molecule has 0 saturated carbocycles. The minimum absolute atomic E-state index is 0.0541. The second kappa shape index (κ2) is 8.13. The molecule has 0 bridgehead atoms. The Morgan fingerprint density at radius 2 is 1.97 bits per heavy atom. The lowest BCUT2D eigenvalue weighted by atomic mass is 10.0. The van der Waals surface area contributed by atoms with Gasteiger partial charge in [-0.3, -0.25) is 0 Å². The second-order valence-electron chi connectivity index (χ2n) is 6.05. The monoisotopic (exact) mass is 401 g/mol. The first-order valence-corrected chi connectivity index (χ1v) is 9.54. The van der Waals surface area contributed by atoms with E-state index in [1.165, 1.54) is 0 Å². The van der Waals surface area contributed by atoms with E-state index in [1.54, 1.807) is 18.2 Å². The number of thioether (sulfide) groups is 1. The van der Waals surface area contributed by atoms with Crippen molar-refractivity contribution in [2.24, 2.45) is 0 Å². The van der Waals surface area contributed by atoms with Crippen LogP contribution in [-0.2, 0) is 4.79 Å². The molecule has 4 aromatic rings. The van der Waals surface area contributed by atoms with Gasteiger partial charge in [-0.2, -0.15) is 0 Å². The fourth-order valence-electron chi connectivity index (χ4n) is 2.92. The van der Waals surface area contributed by atoms with Crippen LogP contribution in [0.3, 0.4) is 0 Å². The van der Waals surface area contributed by atoms with Gasteiger partial charge in [0.2, 0.25) is 0 Å². The van der Waals surface area contributed by atoms with Crippen LogP contribution >= 0.6 is 11.8 Å². The number of hydrogen-bond acceptors (Lipinski definition) is 5. The predicted octanol–water partition coefficient (Wildman–Crippen LogP) is 5.21. The fourth-order valence-corrected chi connectivity index (χ4v) is 3.65. The molecule has 0 aliphatic heterocycles. The Labute approximate surface area is 171 Å². The molecule has 4 rings (SSSR count). The number of benzene rings is 3. The second-order valence-corrected chi connectivity index (χ2v) is 7.05. The summed E-state index contributed by atoms with van der Waals surface area (Å²) in [4.78, 5) is 16.4. The average molecular weight is 401 g/mol. The Morgan fingerprint density at radius 3 is 2.76 bits per heavy atom. The largest absolute Gasteiger partial charge is 0.480 e. The molecule has 142 valence electrons. The van der Waals surface area contributed by atoms with Crippen molar-refractivity contribution in [3.05, 3.63) is 71.1 Å². The summed E-state index contributed by atoms with van der Waals surface area (Å²) in [6.45, 7) is 0.0832. The van der Waals surface area contributed by atoms with E-state index in [0.29, 0.717) is 22.4 Å². The van der Waals surface area contributed by atoms with Crippen molar-refractivity contribution >= 4 is 45.7 Å². The first kappa shape index (κ1) is 18.7. The maximum atomic E-state index is 12.0. The van der Waals surface area contributed by atoms with Gasteiger partial charge < -0.3 is 14.3 Å². The highest BCUT2D eigenvalue weighted by atomic mass is 32.2. The number of hydrogen-bond donors (Lipinski definition) is 1. The molecule has 1 heterocycles. The summed E-state index contributed by atoms with van der Waals surface area (Å²) in [5.41, 5.74) is 1.91. The van der Waals surface area contributed by atoms with E-state index in [1.807, 2.05) is 48.5 Å². The Kier molecular flexibility index (Phi) is 5.23. The Morgan fingerprint density at radius 1 is 1.17 bits per heavy atom. The number of nitrogens with zero attached hydrogens (tertiary/aromatic N) is 1. The number of para-hydroxylation sites is 2. The van der Waals surface area contributed by atoms with Gasteiger partial charge in [-0.05, 0) is 46.8 Å². The van der Waals surface area contributed by atoms with E-state index < -0.39 is 5.97 Å². The molecule has 1 aromatic heterocycles. The highest BCUT2D eigenvalue weighted by molar-refractivity contribution is 8.03. The number of fused-ring (bicyclic) bond motifs is 2. The summed E-state index contributed by atoms with van der Waals surface area (Å²) >= 11 is 0.946. The number of rotatable bonds is 6. The van der Waals surface area contributed by atoms with E-state index in [-0.39, 0.29) is 16.7 Å². The molecule has 0 radical (unpaired) electrons. The van der Waals surface area contributed by atoms with Gasteiger partial charge >= 0.3 is 5.97 Å². The van der Waals surface area contributed by atoms with Crippen LogP contribution in [-0.4, -0.2) is 22.7 Å². The quantitative estimate of drug-likeness (QED) is 0.272. The van der Waals surface area contributed by atoms with Crippen molar-refractivity contribution in [1.29, 1.82) is 0 Å². The zero-order chi connectivity index (χ0) is 20.2. The number of carbonyl (C=O) groups is 1. The zero-order valence-corrected chi connectivity index (χ0v) is 16.0. The van der Waals surface area contributed by atoms with E-state index >= 15 is 0 Å². The standard InChI is InChI=1S/C23H15NO4S/c1-2-13-27-19-12-11-15-7-3-4-8-16(15)17(19)14-21(22(25)26)29-23-24-18-9-5-6-10-20(18)28-23/h1,3-12,14H,13H2,(H,25,26)/b21-14-. The third kappa shape index (κ3) is 3.96. The third-order valence-electron chi connectivity index (χ3n) is 4.20. The normalized spacial score (nSPS) is 11.5. The summed E-state index contributed by atoms with van der Waals surface area (Å²) in [5, 5.41) is 11.9. The smallest absolute Gasteiger partial charge is 0.342 e. The number of oxazole rings is 1. The van der Waals surface area contributed by atoms with Gasteiger partial charge in [-0.15, -0.1) is 6.42 Å². The lowest BCUT2D eigenvalue weighted by Gasteiger charge is -2.11. The summed E-state index contributed by atoms with van der Waals surface area (Å²) in [7, 11) is 0.